The summed E-state index contributed by atoms with van der Waals surface area (Å²) in [5.74, 6) is 0.661. The zero-order chi connectivity index (χ0) is 15.8. The number of carbonyl (C=O) groups excluding carboxylic acids is 2. The molecule has 0 radical (unpaired) electrons. The third-order valence-electron chi connectivity index (χ3n) is 4.00. The van der Waals surface area contributed by atoms with Gasteiger partial charge in [-0.05, 0) is 31.5 Å². The van der Waals surface area contributed by atoms with Gasteiger partial charge in [-0.3, -0.25) is 9.59 Å². The topological polar surface area (TPSA) is 61.4 Å². The lowest BCUT2D eigenvalue weighted by molar-refractivity contribution is -0.130. The molecule has 0 spiro atoms. The van der Waals surface area contributed by atoms with Gasteiger partial charge in [0.25, 0.3) is 0 Å². The van der Waals surface area contributed by atoms with Gasteiger partial charge in [0, 0.05) is 26.1 Å². The number of rotatable bonds is 7. The highest BCUT2D eigenvalue weighted by atomic mass is 16.2. The fraction of sp³-hybridized carbons (Fsp3) is 0.529. The van der Waals surface area contributed by atoms with E-state index in [9.17, 15) is 9.59 Å². The molecule has 22 heavy (non-hydrogen) atoms. The Hall–Kier alpha value is -1.88. The monoisotopic (exact) mass is 303 g/mol. The Labute approximate surface area is 132 Å². The van der Waals surface area contributed by atoms with E-state index in [1.807, 2.05) is 42.3 Å². The second kappa shape index (κ2) is 8.54. The Morgan fingerprint density at radius 2 is 2.05 bits per heavy atom. The predicted molar refractivity (Wildman–Crippen MR) is 86.4 cm³/mol. The first-order valence-electron chi connectivity index (χ1n) is 7.92. The van der Waals surface area contributed by atoms with Crippen LogP contribution >= 0.6 is 0 Å². The van der Waals surface area contributed by atoms with Gasteiger partial charge >= 0.3 is 0 Å². The Morgan fingerprint density at radius 1 is 1.27 bits per heavy atom. The van der Waals surface area contributed by atoms with Gasteiger partial charge in [0.2, 0.25) is 11.8 Å². The van der Waals surface area contributed by atoms with Crippen molar-refractivity contribution in [1.82, 2.24) is 15.5 Å². The van der Waals surface area contributed by atoms with Crippen molar-refractivity contribution in [3.8, 4) is 0 Å². The molecule has 1 aromatic carbocycles. The van der Waals surface area contributed by atoms with Crippen LogP contribution in [0.5, 0.6) is 0 Å². The lowest BCUT2D eigenvalue weighted by atomic mass is 10.1. The van der Waals surface area contributed by atoms with Gasteiger partial charge in [-0.1, -0.05) is 30.3 Å². The molecule has 2 rings (SSSR count). The van der Waals surface area contributed by atoms with Gasteiger partial charge in [0.05, 0.1) is 6.42 Å². The molecule has 2 amide bonds. The summed E-state index contributed by atoms with van der Waals surface area (Å²) in [7, 11) is 1.94. The summed E-state index contributed by atoms with van der Waals surface area (Å²) in [6, 6.07) is 9.62. The molecule has 2 N–H and O–H groups in total. The third kappa shape index (κ3) is 5.15. The maximum absolute atomic E-state index is 12.1. The summed E-state index contributed by atoms with van der Waals surface area (Å²) in [4.78, 5) is 25.8. The quantitative estimate of drug-likeness (QED) is 0.783. The predicted octanol–water partition coefficient (Wildman–Crippen LogP) is 0.803. The van der Waals surface area contributed by atoms with E-state index in [-0.39, 0.29) is 11.8 Å². The van der Waals surface area contributed by atoms with Crippen LogP contribution in [0.25, 0.3) is 0 Å². The number of benzene rings is 1. The SMILES string of the molecule is CNCC1CCN(C(=O)CCNC(=O)Cc2ccccc2)C1. The van der Waals surface area contributed by atoms with Crippen LogP contribution in [0.1, 0.15) is 18.4 Å². The number of hydrogen-bond donors (Lipinski definition) is 2. The molecule has 1 unspecified atom stereocenters. The van der Waals surface area contributed by atoms with Crippen LogP contribution in [0.3, 0.4) is 0 Å². The van der Waals surface area contributed by atoms with Gasteiger partial charge in [0.1, 0.15) is 0 Å². The van der Waals surface area contributed by atoms with E-state index in [1.165, 1.54) is 0 Å². The van der Waals surface area contributed by atoms with Crippen molar-refractivity contribution in [3.63, 3.8) is 0 Å². The Balaban J connectivity index is 1.64. The Bertz CT molecular complexity index is 490. The Morgan fingerprint density at radius 3 is 2.77 bits per heavy atom. The highest BCUT2D eigenvalue weighted by Crippen LogP contribution is 2.15. The summed E-state index contributed by atoms with van der Waals surface area (Å²) in [6.07, 6.45) is 1.81. The second-order valence-electron chi connectivity index (χ2n) is 5.81. The number of nitrogens with one attached hydrogen (secondary N) is 2. The zero-order valence-corrected chi connectivity index (χ0v) is 13.2. The maximum atomic E-state index is 12.1. The van der Waals surface area contributed by atoms with Crippen LogP contribution in [0, 0.1) is 5.92 Å². The molecule has 1 aliphatic heterocycles. The van der Waals surface area contributed by atoms with Crippen molar-refractivity contribution in [2.45, 2.75) is 19.3 Å². The lowest BCUT2D eigenvalue weighted by Crippen LogP contribution is -2.34. The van der Waals surface area contributed by atoms with Crippen LogP contribution in [-0.4, -0.2) is 49.9 Å². The standard InChI is InChI=1S/C17H25N3O2/c1-18-12-15-8-10-20(13-15)17(22)7-9-19-16(21)11-14-5-3-2-4-6-14/h2-6,15,18H,7-13H2,1H3,(H,19,21). The molecule has 0 aliphatic carbocycles. The fourth-order valence-corrected chi connectivity index (χ4v) is 2.83. The summed E-state index contributed by atoms with van der Waals surface area (Å²) < 4.78 is 0. The van der Waals surface area contributed by atoms with Crippen molar-refractivity contribution in [1.29, 1.82) is 0 Å². The second-order valence-corrected chi connectivity index (χ2v) is 5.81. The molecule has 1 fully saturated rings. The van der Waals surface area contributed by atoms with E-state index in [0.717, 1.165) is 31.6 Å². The number of nitrogens with zero attached hydrogens (tertiary/aromatic N) is 1. The minimum atomic E-state index is -0.0338. The van der Waals surface area contributed by atoms with E-state index in [4.69, 9.17) is 0 Å². The van der Waals surface area contributed by atoms with Gasteiger partial charge < -0.3 is 15.5 Å². The first kappa shape index (κ1) is 16.5. The summed E-state index contributed by atoms with van der Waals surface area (Å²) >= 11 is 0. The van der Waals surface area contributed by atoms with Gasteiger partial charge in [-0.25, -0.2) is 0 Å². The van der Waals surface area contributed by atoms with Crippen LogP contribution in [0.15, 0.2) is 30.3 Å². The van der Waals surface area contributed by atoms with Crippen molar-refractivity contribution in [3.05, 3.63) is 35.9 Å². The molecular weight excluding hydrogens is 278 g/mol. The Kier molecular flexibility index (Phi) is 6.40. The molecule has 0 saturated carbocycles. The largest absolute Gasteiger partial charge is 0.355 e. The van der Waals surface area contributed by atoms with Gasteiger partial charge in [-0.2, -0.15) is 0 Å². The molecule has 120 valence electrons. The van der Waals surface area contributed by atoms with E-state index in [0.29, 0.717) is 25.3 Å². The first-order chi connectivity index (χ1) is 10.7. The highest BCUT2D eigenvalue weighted by Gasteiger charge is 2.25. The van der Waals surface area contributed by atoms with Crippen molar-refractivity contribution < 1.29 is 9.59 Å². The molecule has 1 atom stereocenters. The van der Waals surface area contributed by atoms with Crippen molar-refractivity contribution in [2.75, 3.05) is 33.2 Å². The summed E-state index contributed by atoms with van der Waals surface area (Å²) in [5.41, 5.74) is 0.987. The summed E-state index contributed by atoms with van der Waals surface area (Å²) in [6.45, 7) is 3.04. The van der Waals surface area contributed by atoms with E-state index in [1.54, 1.807) is 0 Å². The molecule has 1 aliphatic rings. The van der Waals surface area contributed by atoms with Crippen LogP contribution in [-0.2, 0) is 16.0 Å². The molecule has 5 heteroatoms. The third-order valence-corrected chi connectivity index (χ3v) is 4.00. The van der Waals surface area contributed by atoms with Crippen molar-refractivity contribution >= 4 is 11.8 Å². The fourth-order valence-electron chi connectivity index (χ4n) is 2.83. The van der Waals surface area contributed by atoms with E-state index < -0.39 is 0 Å². The smallest absolute Gasteiger partial charge is 0.224 e. The van der Waals surface area contributed by atoms with Crippen molar-refractivity contribution in [2.24, 2.45) is 5.92 Å². The zero-order valence-electron chi connectivity index (χ0n) is 13.2. The molecule has 1 aromatic rings. The first-order valence-corrected chi connectivity index (χ1v) is 7.92. The average Bonchev–Trinajstić information content (AvgIpc) is 2.97. The summed E-state index contributed by atoms with van der Waals surface area (Å²) in [5, 5.41) is 5.98. The molecule has 0 aromatic heterocycles. The maximum Gasteiger partial charge on any atom is 0.224 e. The normalized spacial score (nSPS) is 17.5. The molecular formula is C17H25N3O2. The van der Waals surface area contributed by atoms with Crippen LogP contribution in [0.4, 0.5) is 0 Å². The minimum Gasteiger partial charge on any atom is -0.355 e. The number of hydrogen-bond acceptors (Lipinski definition) is 3. The number of amides is 2. The lowest BCUT2D eigenvalue weighted by Gasteiger charge is -2.16. The minimum absolute atomic E-state index is 0.0338. The number of likely N-dealkylation sites (tertiary alicyclic amines) is 1. The molecule has 0 bridgehead atoms. The molecule has 5 nitrogen and oxygen atoms in total. The number of carbonyl (C=O) groups is 2. The van der Waals surface area contributed by atoms with Gasteiger partial charge in [-0.15, -0.1) is 0 Å². The molecule has 1 heterocycles. The highest BCUT2D eigenvalue weighted by molar-refractivity contribution is 5.80. The van der Waals surface area contributed by atoms with Crippen LogP contribution in [0.2, 0.25) is 0 Å². The molecule has 1 saturated heterocycles. The van der Waals surface area contributed by atoms with Crippen LogP contribution < -0.4 is 10.6 Å². The van der Waals surface area contributed by atoms with E-state index >= 15 is 0 Å². The van der Waals surface area contributed by atoms with E-state index in [2.05, 4.69) is 10.6 Å². The van der Waals surface area contributed by atoms with Gasteiger partial charge in [0.15, 0.2) is 0 Å². The average molecular weight is 303 g/mol.